The molecule has 0 fully saturated rings. The zero-order valence-corrected chi connectivity index (χ0v) is 60.3. The first kappa shape index (κ1) is 88.9. The van der Waals surface area contributed by atoms with E-state index in [0.717, 1.165) is 57.4 Å². The highest BCUT2D eigenvalue weighted by Gasteiger charge is 2.28. The number of nitro groups is 1. The Bertz CT molecular complexity index is 4210. The predicted molar refractivity (Wildman–Crippen MR) is 409 cm³/mol. The third-order valence-electron chi connectivity index (χ3n) is 13.9. The van der Waals surface area contributed by atoms with Crippen molar-refractivity contribution in [3.8, 4) is 4.98 Å². The summed E-state index contributed by atoms with van der Waals surface area (Å²) >= 11 is 2.45. The van der Waals surface area contributed by atoms with Crippen molar-refractivity contribution in [2.24, 2.45) is 39.4 Å². The van der Waals surface area contributed by atoms with Crippen LogP contribution in [0, 0.1) is 40.0 Å². The van der Waals surface area contributed by atoms with Gasteiger partial charge in [0.05, 0.1) is 33.2 Å². The molecule has 8 rings (SSSR count). The van der Waals surface area contributed by atoms with Crippen LogP contribution < -0.4 is 71.8 Å². The van der Waals surface area contributed by atoms with Gasteiger partial charge in [0, 0.05) is 127 Å². The molecule has 38 heteroatoms. The number of carboxylic acid groups (broad SMARTS) is 1. The standard InChI is InChI=1S/C20H24N6O2.C14H19BN4O2.C12H19BN4O2.C7H5FN2O3.C7H10N2O2.C5H13BN2O.CBrN/c1-3-26-17(10-13(2)24-26)20(28)23-18-12-15-11-14(19(22)27)6-7-16(15)25(18)9-5-4-8-21;1-15(21)18-6-2-3-7-19-12-5-4-10(14(17)20)8-11(12)9-13(19)16;1-13(19)17-7-3-2-6-16-11-5-4-9(12(15)18)8-10(11)14;8-5-2-1-4(7(9)11)3-6(5)10(12)13;1-3-9-6(7(10)11)4-5(2)8-9;1-6(9)8-5-3-2-4-7;2-1-3/h4-7,10-11H,3,8-9,12,21H2,1-2H3,(H2,22,27);2-5,8-9,18,21H,6-7,16H2,1H3,(H2,17,20);2-5,8,16-17,19H,6-7,14H2,1H3,(H2,15,18);1-3H,(H2,9,11);4H,3H2,1-2H3,(H,10,11);2-3,8-9H,4-5,7H2,1H3;/b5-4+,23-18?;2*3-2+;;;3-2+;. The molecule has 4 heterocycles. The Labute approximate surface area is 610 Å². The zero-order chi connectivity index (χ0) is 78.2. The average molecular weight is 1500 g/mol. The number of carbonyl (C=O) groups excluding carboxylic acids is 5. The number of nitrogens with one attached hydrogen (secondary N) is 4. The number of aromatic carboxylic acids is 1. The van der Waals surface area contributed by atoms with Crippen molar-refractivity contribution < 1.29 is 58.3 Å². The normalized spacial score (nSPS) is 11.5. The number of carboxylic acids is 1. The first-order valence-corrected chi connectivity index (χ1v) is 32.8. The van der Waals surface area contributed by atoms with E-state index in [0.29, 0.717) is 112 Å². The van der Waals surface area contributed by atoms with E-state index in [1.807, 2.05) is 97.0 Å². The number of aromatic nitrogens is 5. The first-order valence-electron chi connectivity index (χ1n) is 32.0. The molecule has 3 aromatic heterocycles. The van der Waals surface area contributed by atoms with Crippen molar-refractivity contribution >= 4 is 118 Å². The molecule has 0 saturated heterocycles. The number of nitrogens with zero attached hydrogens (tertiary/aromatic N) is 9. The molecule has 0 aliphatic carbocycles. The van der Waals surface area contributed by atoms with Crippen LogP contribution in [-0.4, -0.2) is 158 Å². The summed E-state index contributed by atoms with van der Waals surface area (Å²) in [5.74, 6) is -3.28. The van der Waals surface area contributed by atoms with Crippen LogP contribution in [0.1, 0.15) is 93.2 Å². The van der Waals surface area contributed by atoms with Crippen LogP contribution in [0.5, 0.6) is 0 Å². The second-order valence-electron chi connectivity index (χ2n) is 22.0. The lowest BCUT2D eigenvalue weighted by atomic mass is 9.89. The third kappa shape index (κ3) is 31.4. The number of nitriles is 1. The fourth-order valence-electron chi connectivity index (χ4n) is 9.05. The van der Waals surface area contributed by atoms with Gasteiger partial charge in [0.15, 0.2) is 0 Å². The average Bonchev–Trinajstić information content (AvgIpc) is 1.64. The van der Waals surface area contributed by atoms with Crippen LogP contribution >= 0.6 is 15.9 Å². The summed E-state index contributed by atoms with van der Waals surface area (Å²) in [7, 11) is -1.48. The number of carbonyl (C=O) groups is 6. The largest absolute Gasteiger partial charge is 0.477 e. The number of rotatable bonds is 27. The monoisotopic (exact) mass is 1500 g/mol. The lowest BCUT2D eigenvalue weighted by molar-refractivity contribution is -0.387. The van der Waals surface area contributed by atoms with Gasteiger partial charge in [0.25, 0.3) is 5.91 Å². The number of nitrogen functional groups attached to an aromatic ring is 2. The second-order valence-corrected chi connectivity index (χ2v) is 22.3. The summed E-state index contributed by atoms with van der Waals surface area (Å²) < 4.78 is 17.7. The third-order valence-corrected chi connectivity index (χ3v) is 13.9. The molecule has 554 valence electrons. The van der Waals surface area contributed by atoms with E-state index in [9.17, 15) is 43.3 Å². The molecule has 0 atom stereocenters. The van der Waals surface area contributed by atoms with E-state index in [4.69, 9.17) is 71.3 Å². The molecule has 0 saturated carbocycles. The number of anilines is 4. The summed E-state index contributed by atoms with van der Waals surface area (Å²) in [6.07, 6.45) is 15.6. The molecule has 104 heavy (non-hydrogen) atoms. The van der Waals surface area contributed by atoms with Crippen LogP contribution in [0.25, 0.3) is 10.9 Å². The highest BCUT2D eigenvalue weighted by molar-refractivity contribution is 9.12. The van der Waals surface area contributed by atoms with Crippen molar-refractivity contribution in [1.82, 2.24) is 39.8 Å². The van der Waals surface area contributed by atoms with Gasteiger partial charge in [-0.05, 0) is 139 Å². The number of fused-ring (bicyclic) bond motifs is 2. The van der Waals surface area contributed by atoms with Crippen molar-refractivity contribution in [1.29, 1.82) is 5.26 Å². The molecular formula is C66H90B3BrFN21O12. The van der Waals surface area contributed by atoms with E-state index in [2.05, 4.69) is 52.1 Å². The fraction of sp³-hybridized carbons (Fsp3) is 0.273. The number of allylic oxidation sites excluding steroid dienone is 1. The number of benzene rings is 4. The number of nitro benzene ring substituents is 1. The SMILES string of the molecule is CB(O)NC/C=C/CN.CB(O)NC/C=C/CNc1ccc(C(N)=O)cc1N.CB(O)NC/C=C/Cn1c(N)cc2cc(C(N)=O)ccc21.CCn1nc(C)cc1C(=O)N=C1Cc2cc(C(N)=O)ccc2N1C/C=C/CN.CCn1nc(C)cc1C(=O)O.N#CBr.NC(=O)c1ccc(F)c([N+](=O)[O-])c1. The quantitative estimate of drug-likeness (QED) is 0.0114. The van der Waals surface area contributed by atoms with E-state index < -0.39 is 67.2 Å². The molecule has 4 aromatic carbocycles. The molecule has 0 spiro atoms. The van der Waals surface area contributed by atoms with Crippen molar-refractivity contribution in [2.75, 3.05) is 67.5 Å². The van der Waals surface area contributed by atoms with Gasteiger partial charge in [-0.2, -0.15) is 24.8 Å². The van der Waals surface area contributed by atoms with Crippen LogP contribution in [0.4, 0.5) is 33.0 Å². The van der Waals surface area contributed by atoms with E-state index in [1.165, 1.54) is 4.68 Å². The summed E-state index contributed by atoms with van der Waals surface area (Å²) in [4.78, 5) is 84.7. The smallest absolute Gasteiger partial charge is 0.373 e. The number of hydrogen-bond donors (Lipinski definition) is 16. The van der Waals surface area contributed by atoms with Crippen LogP contribution in [0.15, 0.2) is 145 Å². The summed E-state index contributed by atoms with van der Waals surface area (Å²) in [6.45, 7) is 18.2. The Kier molecular flexibility index (Phi) is 40.3. The molecule has 1 aliphatic rings. The molecule has 33 nitrogen and oxygen atoms in total. The minimum absolute atomic E-state index is 0.0897. The molecule has 7 aromatic rings. The first-order chi connectivity index (χ1) is 49.3. The minimum atomic E-state index is -0.991. The number of halogens is 2. The number of amides is 5. The van der Waals surface area contributed by atoms with E-state index in [-0.39, 0.29) is 17.2 Å². The second kappa shape index (κ2) is 47.1. The van der Waals surface area contributed by atoms with Crippen molar-refractivity contribution in [3.05, 3.63) is 206 Å². The molecule has 24 N–H and O–H groups in total. The van der Waals surface area contributed by atoms with Gasteiger partial charge in [-0.3, -0.25) is 43.5 Å². The number of nitrogens with two attached hydrogens (primary N) is 8. The maximum Gasteiger partial charge on any atom is 0.373 e. The molecule has 0 unspecified atom stereocenters. The predicted octanol–water partition coefficient (Wildman–Crippen LogP) is 3.85. The Morgan fingerprint density at radius 3 is 1.62 bits per heavy atom. The highest BCUT2D eigenvalue weighted by atomic mass is 79.9. The number of aliphatic imine (C=N–C) groups is 1. The molecule has 5 amide bonds. The van der Waals surface area contributed by atoms with Gasteiger partial charge < -0.3 is 96.5 Å². The topological polar surface area (TPSA) is 563 Å². The van der Waals surface area contributed by atoms with Crippen LogP contribution in [-0.2, 0) is 26.1 Å². The number of hydrogen-bond acceptors (Lipinski definition) is 22. The van der Waals surface area contributed by atoms with Gasteiger partial charge in [-0.1, -0.05) is 48.6 Å². The van der Waals surface area contributed by atoms with Crippen LogP contribution in [0.2, 0.25) is 20.5 Å². The Balaban J connectivity index is 0.000000437. The van der Waals surface area contributed by atoms with Crippen molar-refractivity contribution in [2.45, 2.75) is 74.2 Å². The van der Waals surface area contributed by atoms with Gasteiger partial charge in [0.2, 0.25) is 29.4 Å². The van der Waals surface area contributed by atoms with Crippen molar-refractivity contribution in [3.63, 3.8) is 0 Å². The molecule has 0 radical (unpaired) electrons. The zero-order valence-electron chi connectivity index (χ0n) is 58.7. The maximum absolute atomic E-state index is 12.8. The Morgan fingerprint density at radius 2 is 1.12 bits per heavy atom. The summed E-state index contributed by atoms with van der Waals surface area (Å²) in [5.41, 5.74) is 49.8. The lowest BCUT2D eigenvalue weighted by Crippen LogP contribution is -2.30. The number of aryl methyl sites for hydroxylation is 4. The Hall–Kier alpha value is -11.1. The van der Waals surface area contributed by atoms with E-state index >= 15 is 0 Å². The maximum atomic E-state index is 12.8. The summed E-state index contributed by atoms with van der Waals surface area (Å²) in [5, 5.41) is 73.6. The van der Waals surface area contributed by atoms with Gasteiger partial charge in [-0.15, -0.1) is 0 Å². The molecular weight excluding hydrogens is 1410 g/mol. The Morgan fingerprint density at radius 1 is 0.663 bits per heavy atom. The van der Waals surface area contributed by atoms with Gasteiger partial charge in [0.1, 0.15) is 28.0 Å². The number of amidine groups is 1. The minimum Gasteiger partial charge on any atom is -0.477 e. The highest BCUT2D eigenvalue weighted by Crippen LogP contribution is 2.31. The van der Waals surface area contributed by atoms with E-state index in [1.54, 1.807) is 91.7 Å². The summed E-state index contributed by atoms with van der Waals surface area (Å²) in [6, 6.07) is 23.3. The fourth-order valence-corrected chi connectivity index (χ4v) is 9.05. The molecule has 0 bridgehead atoms. The van der Waals surface area contributed by atoms with Gasteiger partial charge >= 0.3 is 32.8 Å². The van der Waals surface area contributed by atoms with Gasteiger partial charge in [-0.25, -0.2) is 4.79 Å². The van der Waals surface area contributed by atoms with Crippen LogP contribution in [0.3, 0.4) is 0 Å². The molecule has 1 aliphatic heterocycles. The number of primary amides is 4. The lowest BCUT2D eigenvalue weighted by Gasteiger charge is -2.18.